The van der Waals surface area contributed by atoms with Crippen LogP contribution in [0, 0.1) is 18.8 Å². The minimum absolute atomic E-state index is 0.0165. The lowest BCUT2D eigenvalue weighted by atomic mass is 9.96. The zero-order chi connectivity index (χ0) is 18.4. The van der Waals surface area contributed by atoms with Crippen LogP contribution in [0.15, 0.2) is 24.3 Å². The van der Waals surface area contributed by atoms with Crippen molar-refractivity contribution in [1.82, 2.24) is 10.2 Å². The van der Waals surface area contributed by atoms with Crippen LogP contribution in [-0.4, -0.2) is 47.6 Å². The number of carbonyl (C=O) groups excluding carboxylic acids is 2. The maximum absolute atomic E-state index is 12.6. The molecule has 3 unspecified atom stereocenters. The molecule has 1 heterocycles. The van der Waals surface area contributed by atoms with Gasteiger partial charge in [-0.2, -0.15) is 0 Å². The molecule has 0 aromatic heterocycles. The second kappa shape index (κ2) is 8.99. The molecule has 138 valence electrons. The SMILES string of the molecule is CCC(C)C(O)CNC(=O)C1CCCN(C(=O)c2ccc(C)cc2)C1. The van der Waals surface area contributed by atoms with E-state index in [0.717, 1.165) is 24.8 Å². The van der Waals surface area contributed by atoms with Crippen molar-refractivity contribution in [2.75, 3.05) is 19.6 Å². The number of amides is 2. The Morgan fingerprint density at radius 1 is 1.32 bits per heavy atom. The number of piperidine rings is 1. The third kappa shape index (κ3) is 5.30. The maximum Gasteiger partial charge on any atom is 0.253 e. The lowest BCUT2D eigenvalue weighted by Gasteiger charge is -2.32. The Kier molecular flexibility index (Phi) is 7.00. The first-order valence-electron chi connectivity index (χ1n) is 9.24. The van der Waals surface area contributed by atoms with E-state index in [1.165, 1.54) is 0 Å². The summed E-state index contributed by atoms with van der Waals surface area (Å²) in [6.45, 7) is 7.38. The van der Waals surface area contributed by atoms with Gasteiger partial charge in [0.25, 0.3) is 5.91 Å². The topological polar surface area (TPSA) is 69.6 Å². The zero-order valence-corrected chi connectivity index (χ0v) is 15.5. The number of aliphatic hydroxyl groups is 1. The van der Waals surface area contributed by atoms with Gasteiger partial charge in [0.15, 0.2) is 0 Å². The molecule has 2 rings (SSSR count). The molecule has 1 aliphatic rings. The van der Waals surface area contributed by atoms with Crippen LogP contribution in [0.3, 0.4) is 0 Å². The number of rotatable bonds is 6. The average Bonchev–Trinajstić information content (AvgIpc) is 2.65. The Balaban J connectivity index is 1.90. The van der Waals surface area contributed by atoms with Gasteiger partial charge < -0.3 is 15.3 Å². The van der Waals surface area contributed by atoms with E-state index in [1.807, 2.05) is 45.0 Å². The third-order valence-corrected chi connectivity index (χ3v) is 5.16. The molecule has 0 saturated carbocycles. The van der Waals surface area contributed by atoms with E-state index in [0.29, 0.717) is 18.7 Å². The fourth-order valence-electron chi connectivity index (χ4n) is 3.08. The predicted molar refractivity (Wildman–Crippen MR) is 98.3 cm³/mol. The molecule has 0 bridgehead atoms. The van der Waals surface area contributed by atoms with Crippen LogP contribution in [0.1, 0.15) is 49.0 Å². The van der Waals surface area contributed by atoms with Gasteiger partial charge in [0, 0.05) is 25.2 Å². The van der Waals surface area contributed by atoms with Gasteiger partial charge in [-0.05, 0) is 37.8 Å². The molecular weight excluding hydrogens is 316 g/mol. The first kappa shape index (κ1) is 19.4. The number of nitrogens with one attached hydrogen (secondary N) is 1. The van der Waals surface area contributed by atoms with E-state index in [9.17, 15) is 14.7 Å². The number of aryl methyl sites for hydroxylation is 1. The van der Waals surface area contributed by atoms with Gasteiger partial charge in [-0.1, -0.05) is 38.0 Å². The summed E-state index contributed by atoms with van der Waals surface area (Å²) in [7, 11) is 0. The van der Waals surface area contributed by atoms with Gasteiger partial charge in [0.2, 0.25) is 5.91 Å². The Bertz CT molecular complexity index is 585. The second-order valence-electron chi connectivity index (χ2n) is 7.15. The van der Waals surface area contributed by atoms with Crippen LogP contribution < -0.4 is 5.32 Å². The minimum atomic E-state index is -0.525. The summed E-state index contributed by atoms with van der Waals surface area (Å²) in [6.07, 6.45) is 1.95. The van der Waals surface area contributed by atoms with Crippen LogP contribution in [-0.2, 0) is 4.79 Å². The Labute approximate surface area is 150 Å². The van der Waals surface area contributed by atoms with Crippen LogP contribution in [0.25, 0.3) is 0 Å². The van der Waals surface area contributed by atoms with Gasteiger partial charge in [0.05, 0.1) is 12.0 Å². The van der Waals surface area contributed by atoms with E-state index >= 15 is 0 Å². The summed E-state index contributed by atoms with van der Waals surface area (Å²) >= 11 is 0. The van der Waals surface area contributed by atoms with Crippen molar-refractivity contribution in [3.63, 3.8) is 0 Å². The second-order valence-corrected chi connectivity index (χ2v) is 7.15. The van der Waals surface area contributed by atoms with Gasteiger partial charge in [-0.15, -0.1) is 0 Å². The average molecular weight is 346 g/mol. The van der Waals surface area contributed by atoms with Gasteiger partial charge in [0.1, 0.15) is 0 Å². The van der Waals surface area contributed by atoms with E-state index in [4.69, 9.17) is 0 Å². The van der Waals surface area contributed by atoms with Crippen molar-refractivity contribution in [3.8, 4) is 0 Å². The number of nitrogens with zero attached hydrogens (tertiary/aromatic N) is 1. The largest absolute Gasteiger partial charge is 0.391 e. The van der Waals surface area contributed by atoms with Gasteiger partial charge in [-0.3, -0.25) is 9.59 Å². The molecule has 1 saturated heterocycles. The first-order valence-corrected chi connectivity index (χ1v) is 9.24. The standard InChI is InChI=1S/C20H30N2O3/c1-4-15(3)18(23)12-21-19(24)17-6-5-11-22(13-17)20(25)16-9-7-14(2)8-10-16/h7-10,15,17-18,23H,4-6,11-13H2,1-3H3,(H,21,24). The van der Waals surface area contributed by atoms with Crippen molar-refractivity contribution in [1.29, 1.82) is 0 Å². The highest BCUT2D eigenvalue weighted by atomic mass is 16.3. The predicted octanol–water partition coefficient (Wildman–Crippen LogP) is 2.37. The van der Waals surface area contributed by atoms with E-state index in [-0.39, 0.29) is 30.2 Å². The van der Waals surface area contributed by atoms with Crippen molar-refractivity contribution in [3.05, 3.63) is 35.4 Å². The monoisotopic (exact) mass is 346 g/mol. The fourth-order valence-corrected chi connectivity index (χ4v) is 3.08. The number of carbonyl (C=O) groups is 2. The van der Waals surface area contributed by atoms with Crippen molar-refractivity contribution < 1.29 is 14.7 Å². The summed E-state index contributed by atoms with van der Waals surface area (Å²) in [4.78, 5) is 26.8. The van der Waals surface area contributed by atoms with Crippen molar-refractivity contribution >= 4 is 11.8 Å². The molecule has 1 aliphatic heterocycles. The highest BCUT2D eigenvalue weighted by Crippen LogP contribution is 2.19. The molecule has 0 radical (unpaired) electrons. The summed E-state index contributed by atoms with van der Waals surface area (Å²) in [5.41, 5.74) is 1.78. The first-order chi connectivity index (χ1) is 11.9. The summed E-state index contributed by atoms with van der Waals surface area (Å²) < 4.78 is 0. The molecule has 2 N–H and O–H groups in total. The molecule has 1 aromatic rings. The van der Waals surface area contributed by atoms with Crippen LogP contribution >= 0.6 is 0 Å². The van der Waals surface area contributed by atoms with Crippen LogP contribution in [0.4, 0.5) is 0 Å². The number of hydrogen-bond acceptors (Lipinski definition) is 3. The molecule has 2 amide bonds. The lowest BCUT2D eigenvalue weighted by Crippen LogP contribution is -2.47. The molecule has 1 fully saturated rings. The minimum Gasteiger partial charge on any atom is -0.391 e. The number of likely N-dealkylation sites (tertiary alicyclic amines) is 1. The van der Waals surface area contributed by atoms with E-state index in [1.54, 1.807) is 4.90 Å². The number of aliphatic hydroxyl groups excluding tert-OH is 1. The summed E-state index contributed by atoms with van der Waals surface area (Å²) in [6, 6.07) is 7.53. The normalized spacial score (nSPS) is 20.0. The van der Waals surface area contributed by atoms with E-state index < -0.39 is 6.10 Å². The molecule has 3 atom stereocenters. The lowest BCUT2D eigenvalue weighted by molar-refractivity contribution is -0.126. The Morgan fingerprint density at radius 2 is 2.00 bits per heavy atom. The molecule has 0 spiro atoms. The molecule has 25 heavy (non-hydrogen) atoms. The number of benzene rings is 1. The van der Waals surface area contributed by atoms with Gasteiger partial charge >= 0.3 is 0 Å². The maximum atomic E-state index is 12.6. The number of hydrogen-bond donors (Lipinski definition) is 2. The smallest absolute Gasteiger partial charge is 0.253 e. The highest BCUT2D eigenvalue weighted by Gasteiger charge is 2.29. The Hall–Kier alpha value is -1.88. The van der Waals surface area contributed by atoms with Crippen LogP contribution in [0.5, 0.6) is 0 Å². The molecule has 5 heteroatoms. The Morgan fingerprint density at radius 3 is 2.64 bits per heavy atom. The third-order valence-electron chi connectivity index (χ3n) is 5.16. The van der Waals surface area contributed by atoms with Crippen molar-refractivity contribution in [2.45, 2.75) is 46.1 Å². The molecular formula is C20H30N2O3. The molecule has 1 aromatic carbocycles. The zero-order valence-electron chi connectivity index (χ0n) is 15.5. The molecule has 0 aliphatic carbocycles. The van der Waals surface area contributed by atoms with E-state index in [2.05, 4.69) is 5.32 Å². The summed E-state index contributed by atoms with van der Waals surface area (Å²) in [5.74, 6) is -0.126. The van der Waals surface area contributed by atoms with Crippen molar-refractivity contribution in [2.24, 2.45) is 11.8 Å². The van der Waals surface area contributed by atoms with Crippen LogP contribution in [0.2, 0.25) is 0 Å². The van der Waals surface area contributed by atoms with Gasteiger partial charge in [-0.25, -0.2) is 0 Å². The fraction of sp³-hybridized carbons (Fsp3) is 0.600. The quantitative estimate of drug-likeness (QED) is 0.831. The molecule has 5 nitrogen and oxygen atoms in total. The summed E-state index contributed by atoms with van der Waals surface area (Å²) in [5, 5.41) is 12.8. The highest BCUT2D eigenvalue weighted by molar-refractivity contribution is 5.94.